The predicted molar refractivity (Wildman–Crippen MR) is 132 cm³/mol. The summed E-state index contributed by atoms with van der Waals surface area (Å²) in [5, 5.41) is 7.47. The molecule has 10 heteroatoms. The van der Waals surface area contributed by atoms with Gasteiger partial charge < -0.3 is 19.7 Å². The molecule has 0 saturated carbocycles. The van der Waals surface area contributed by atoms with Crippen molar-refractivity contribution in [2.75, 3.05) is 34.4 Å². The van der Waals surface area contributed by atoms with Crippen LogP contribution < -0.4 is 10.1 Å². The van der Waals surface area contributed by atoms with Gasteiger partial charge in [-0.2, -0.15) is 0 Å². The lowest BCUT2D eigenvalue weighted by Gasteiger charge is -2.21. The van der Waals surface area contributed by atoms with E-state index in [-0.39, 0.29) is 30.1 Å². The molecule has 1 aromatic heterocycles. The molecule has 0 aliphatic carbocycles. The summed E-state index contributed by atoms with van der Waals surface area (Å²) in [5.74, 6) is 1.44. The fourth-order valence-corrected chi connectivity index (χ4v) is 3.74. The van der Waals surface area contributed by atoms with Crippen LogP contribution in [-0.4, -0.2) is 50.2 Å². The second kappa shape index (κ2) is 13.5. The van der Waals surface area contributed by atoms with Crippen LogP contribution in [0.5, 0.6) is 5.75 Å². The van der Waals surface area contributed by atoms with Crippen molar-refractivity contribution in [3.8, 4) is 5.75 Å². The van der Waals surface area contributed by atoms with Gasteiger partial charge in [0.2, 0.25) is 0 Å². The molecule has 1 N–H and O–H groups in total. The number of aromatic nitrogens is 1. The van der Waals surface area contributed by atoms with Crippen LogP contribution in [0.15, 0.2) is 28.6 Å². The average Bonchev–Trinajstić information content (AvgIpc) is 3.13. The molecule has 1 heterocycles. The Hall–Kier alpha value is -0.810. The largest absolute Gasteiger partial charge is 0.492 e. The standard InChI is InChI=1S/C19H26Cl2N4O2S.HI/c1-13(26-4)18-24-15(12-28-18)11-25(3)19(22-2)23-8-5-9-27-17-7-6-14(20)10-16(17)21;/h6-7,10,12-13H,5,8-9,11H2,1-4H3,(H,22,23);1H. The fraction of sp³-hybridized carbons (Fsp3) is 0.474. The summed E-state index contributed by atoms with van der Waals surface area (Å²) in [6.07, 6.45) is 0.813. The summed E-state index contributed by atoms with van der Waals surface area (Å²) in [6.45, 7) is 3.93. The molecule has 2 rings (SSSR count). The summed E-state index contributed by atoms with van der Waals surface area (Å²) >= 11 is 13.6. The number of ether oxygens (including phenoxy) is 2. The number of thiazole rings is 1. The molecule has 0 fully saturated rings. The molecule has 0 aliphatic rings. The van der Waals surface area contributed by atoms with Gasteiger partial charge in [0.1, 0.15) is 16.9 Å². The normalized spacial score (nSPS) is 12.3. The van der Waals surface area contributed by atoms with E-state index in [0.29, 0.717) is 28.9 Å². The highest BCUT2D eigenvalue weighted by atomic mass is 127. The van der Waals surface area contributed by atoms with Crippen molar-refractivity contribution in [1.82, 2.24) is 15.2 Å². The number of hydrogen-bond acceptors (Lipinski definition) is 5. The molecule has 1 aromatic carbocycles. The molecule has 0 aliphatic heterocycles. The molecular formula is C19H27Cl2IN4O2S. The first-order chi connectivity index (χ1) is 13.4. The van der Waals surface area contributed by atoms with Gasteiger partial charge in [-0.15, -0.1) is 35.3 Å². The van der Waals surface area contributed by atoms with Crippen molar-refractivity contribution in [1.29, 1.82) is 0 Å². The van der Waals surface area contributed by atoms with E-state index in [1.807, 2.05) is 18.9 Å². The van der Waals surface area contributed by atoms with Crippen LogP contribution in [0.2, 0.25) is 10.0 Å². The van der Waals surface area contributed by atoms with E-state index in [1.54, 1.807) is 43.7 Å². The molecule has 0 saturated heterocycles. The lowest BCUT2D eigenvalue weighted by molar-refractivity contribution is 0.119. The molecule has 29 heavy (non-hydrogen) atoms. The van der Waals surface area contributed by atoms with Crippen molar-refractivity contribution in [3.63, 3.8) is 0 Å². The van der Waals surface area contributed by atoms with Crippen LogP contribution in [0.3, 0.4) is 0 Å². The number of nitrogens with zero attached hydrogens (tertiary/aromatic N) is 3. The van der Waals surface area contributed by atoms with E-state index < -0.39 is 0 Å². The number of hydrogen-bond donors (Lipinski definition) is 1. The Balaban J connectivity index is 0.00000420. The lowest BCUT2D eigenvalue weighted by atomic mass is 10.3. The van der Waals surface area contributed by atoms with Crippen molar-refractivity contribution in [3.05, 3.63) is 44.3 Å². The Kier molecular flexibility index (Phi) is 12.2. The second-order valence-corrected chi connectivity index (χ2v) is 7.90. The van der Waals surface area contributed by atoms with Gasteiger partial charge in [0.05, 0.1) is 23.9 Å². The van der Waals surface area contributed by atoms with Gasteiger partial charge in [-0.05, 0) is 31.5 Å². The minimum absolute atomic E-state index is 0. The highest BCUT2D eigenvalue weighted by Gasteiger charge is 2.12. The number of aliphatic imine (C=N–C) groups is 1. The first-order valence-corrected chi connectivity index (χ1v) is 10.5. The van der Waals surface area contributed by atoms with Gasteiger partial charge >= 0.3 is 0 Å². The van der Waals surface area contributed by atoms with Gasteiger partial charge in [0.15, 0.2) is 5.96 Å². The quantitative estimate of drug-likeness (QED) is 0.192. The highest BCUT2D eigenvalue weighted by molar-refractivity contribution is 14.0. The maximum Gasteiger partial charge on any atom is 0.193 e. The van der Waals surface area contributed by atoms with Crippen molar-refractivity contribution >= 4 is 64.5 Å². The van der Waals surface area contributed by atoms with E-state index >= 15 is 0 Å². The molecule has 0 bridgehead atoms. The van der Waals surface area contributed by atoms with Gasteiger partial charge in [0, 0.05) is 38.2 Å². The number of halogens is 3. The first-order valence-electron chi connectivity index (χ1n) is 8.91. The predicted octanol–water partition coefficient (Wildman–Crippen LogP) is 5.25. The van der Waals surface area contributed by atoms with E-state index in [0.717, 1.165) is 29.6 Å². The van der Waals surface area contributed by atoms with Crippen LogP contribution in [0.4, 0.5) is 0 Å². The van der Waals surface area contributed by atoms with Crippen LogP contribution in [0, 0.1) is 0 Å². The molecule has 2 aromatic rings. The topological polar surface area (TPSA) is 59.0 Å². The van der Waals surface area contributed by atoms with E-state index in [9.17, 15) is 0 Å². The molecular weight excluding hydrogens is 546 g/mol. The molecule has 1 atom stereocenters. The molecule has 0 spiro atoms. The van der Waals surface area contributed by atoms with Gasteiger partial charge in [-0.3, -0.25) is 4.99 Å². The first kappa shape index (κ1) is 26.2. The van der Waals surface area contributed by atoms with Crippen LogP contribution in [0.25, 0.3) is 0 Å². The lowest BCUT2D eigenvalue weighted by Crippen LogP contribution is -2.39. The third-order valence-corrected chi connectivity index (χ3v) is 5.58. The number of guanidine groups is 1. The van der Waals surface area contributed by atoms with Crippen LogP contribution in [0.1, 0.15) is 30.2 Å². The van der Waals surface area contributed by atoms with Crippen molar-refractivity contribution in [2.45, 2.75) is 26.0 Å². The Morgan fingerprint density at radius 1 is 1.38 bits per heavy atom. The van der Waals surface area contributed by atoms with E-state index in [4.69, 9.17) is 32.7 Å². The zero-order valence-corrected chi connectivity index (χ0v) is 21.6. The fourth-order valence-electron chi connectivity index (χ4n) is 2.43. The summed E-state index contributed by atoms with van der Waals surface area (Å²) < 4.78 is 11.0. The number of benzene rings is 1. The third-order valence-electron chi connectivity index (χ3n) is 4.00. The number of methoxy groups -OCH3 is 1. The van der Waals surface area contributed by atoms with Crippen LogP contribution >= 0.6 is 58.5 Å². The van der Waals surface area contributed by atoms with Gasteiger partial charge in [-0.25, -0.2) is 4.98 Å². The Bertz CT molecular complexity index is 791. The number of rotatable bonds is 9. The summed E-state index contributed by atoms with van der Waals surface area (Å²) in [7, 11) is 5.44. The average molecular weight is 573 g/mol. The number of nitrogens with one attached hydrogen (secondary N) is 1. The molecule has 0 amide bonds. The molecule has 162 valence electrons. The Morgan fingerprint density at radius 2 is 2.14 bits per heavy atom. The van der Waals surface area contributed by atoms with Crippen molar-refractivity contribution in [2.24, 2.45) is 4.99 Å². The summed E-state index contributed by atoms with van der Waals surface area (Å²) in [5.41, 5.74) is 0.995. The van der Waals surface area contributed by atoms with Crippen LogP contribution in [-0.2, 0) is 11.3 Å². The van der Waals surface area contributed by atoms with Gasteiger partial charge in [0.25, 0.3) is 0 Å². The maximum absolute atomic E-state index is 6.10. The van der Waals surface area contributed by atoms with E-state index in [2.05, 4.69) is 20.7 Å². The van der Waals surface area contributed by atoms with E-state index in [1.165, 1.54) is 0 Å². The zero-order chi connectivity index (χ0) is 20.5. The Labute approximate surface area is 203 Å². The summed E-state index contributed by atoms with van der Waals surface area (Å²) in [6, 6.07) is 5.21. The maximum atomic E-state index is 6.10. The molecule has 6 nitrogen and oxygen atoms in total. The highest BCUT2D eigenvalue weighted by Crippen LogP contribution is 2.27. The van der Waals surface area contributed by atoms with Crippen molar-refractivity contribution < 1.29 is 9.47 Å². The smallest absolute Gasteiger partial charge is 0.193 e. The molecule has 0 radical (unpaired) electrons. The third kappa shape index (κ3) is 8.45. The second-order valence-electron chi connectivity index (χ2n) is 6.16. The zero-order valence-electron chi connectivity index (χ0n) is 16.9. The SMILES string of the molecule is CN=C(NCCCOc1ccc(Cl)cc1Cl)N(C)Cc1csc(C(C)OC)n1.I. The van der Waals surface area contributed by atoms with Gasteiger partial charge in [-0.1, -0.05) is 23.2 Å². The minimum Gasteiger partial charge on any atom is -0.492 e. The minimum atomic E-state index is 0. The summed E-state index contributed by atoms with van der Waals surface area (Å²) in [4.78, 5) is 11.0. The molecule has 1 unspecified atom stereocenters. The Morgan fingerprint density at radius 3 is 2.79 bits per heavy atom. The monoisotopic (exact) mass is 572 g/mol.